The van der Waals surface area contributed by atoms with Gasteiger partial charge in [-0.05, 0) is 37.5 Å². The van der Waals surface area contributed by atoms with Crippen LogP contribution < -0.4 is 10.1 Å². The highest BCUT2D eigenvalue weighted by molar-refractivity contribution is 5.29. The third kappa shape index (κ3) is 3.03. The Morgan fingerprint density at radius 1 is 1.39 bits per heavy atom. The number of hydrogen-bond acceptors (Lipinski definition) is 3. The van der Waals surface area contributed by atoms with Crippen LogP contribution in [-0.2, 0) is 4.74 Å². The molecule has 3 nitrogen and oxygen atoms in total. The Balaban J connectivity index is 2.02. The number of methoxy groups -OCH3 is 1. The van der Waals surface area contributed by atoms with Crippen molar-refractivity contribution in [2.24, 2.45) is 0 Å². The van der Waals surface area contributed by atoms with E-state index in [0.717, 1.165) is 25.2 Å². The molecule has 3 heteroatoms. The van der Waals surface area contributed by atoms with Gasteiger partial charge in [-0.1, -0.05) is 19.1 Å². The minimum Gasteiger partial charge on any atom is -0.497 e. The maximum atomic E-state index is 5.60. The Morgan fingerprint density at radius 3 is 2.61 bits per heavy atom. The van der Waals surface area contributed by atoms with Gasteiger partial charge < -0.3 is 14.8 Å². The zero-order chi connectivity index (χ0) is 13.0. The van der Waals surface area contributed by atoms with E-state index in [9.17, 15) is 0 Å². The molecule has 0 radical (unpaired) electrons. The van der Waals surface area contributed by atoms with Crippen molar-refractivity contribution < 1.29 is 9.47 Å². The van der Waals surface area contributed by atoms with Crippen LogP contribution in [0.4, 0.5) is 0 Å². The minimum atomic E-state index is 0.317. The number of ether oxygens (including phenoxy) is 2. The van der Waals surface area contributed by atoms with E-state index in [-0.39, 0.29) is 0 Å². The summed E-state index contributed by atoms with van der Waals surface area (Å²) in [6.45, 7) is 5.23. The van der Waals surface area contributed by atoms with Crippen molar-refractivity contribution in [1.29, 1.82) is 0 Å². The topological polar surface area (TPSA) is 30.5 Å². The lowest BCUT2D eigenvalue weighted by atomic mass is 10.0. The molecular formula is C15H23NO2. The molecule has 0 aromatic heterocycles. The average Bonchev–Trinajstić information content (AvgIpc) is 2.81. The Bertz CT molecular complexity index is 363. The monoisotopic (exact) mass is 249 g/mol. The molecule has 0 bridgehead atoms. The highest BCUT2D eigenvalue weighted by atomic mass is 16.5. The molecule has 0 saturated carbocycles. The third-order valence-corrected chi connectivity index (χ3v) is 3.72. The van der Waals surface area contributed by atoms with E-state index in [1.807, 2.05) is 12.1 Å². The summed E-state index contributed by atoms with van der Waals surface area (Å²) in [5, 5.41) is 3.70. The summed E-state index contributed by atoms with van der Waals surface area (Å²) >= 11 is 0. The summed E-state index contributed by atoms with van der Waals surface area (Å²) in [5.41, 5.74) is 1.32. The SMILES string of the molecule is CCC(NC1CCOC1C)c1ccc(OC)cc1. The highest BCUT2D eigenvalue weighted by Gasteiger charge is 2.26. The van der Waals surface area contributed by atoms with Crippen LogP contribution in [0.2, 0.25) is 0 Å². The Kier molecular flexibility index (Phi) is 4.61. The number of hydrogen-bond donors (Lipinski definition) is 1. The number of benzene rings is 1. The van der Waals surface area contributed by atoms with Crippen molar-refractivity contribution in [2.75, 3.05) is 13.7 Å². The van der Waals surface area contributed by atoms with E-state index >= 15 is 0 Å². The van der Waals surface area contributed by atoms with E-state index in [2.05, 4.69) is 31.3 Å². The van der Waals surface area contributed by atoms with Crippen LogP contribution in [0.1, 0.15) is 38.3 Å². The molecule has 1 aromatic rings. The molecule has 2 rings (SSSR count). The summed E-state index contributed by atoms with van der Waals surface area (Å²) in [7, 11) is 1.70. The second-order valence-corrected chi connectivity index (χ2v) is 4.87. The first-order chi connectivity index (χ1) is 8.74. The fourth-order valence-electron chi connectivity index (χ4n) is 2.50. The average molecular weight is 249 g/mol. The Morgan fingerprint density at radius 2 is 2.11 bits per heavy atom. The molecule has 1 heterocycles. The van der Waals surface area contributed by atoms with Gasteiger partial charge in [-0.3, -0.25) is 0 Å². The Hall–Kier alpha value is -1.06. The van der Waals surface area contributed by atoms with Crippen LogP contribution in [0.5, 0.6) is 5.75 Å². The van der Waals surface area contributed by atoms with E-state index in [4.69, 9.17) is 9.47 Å². The highest BCUT2D eigenvalue weighted by Crippen LogP contribution is 2.23. The molecule has 1 aliphatic heterocycles. The van der Waals surface area contributed by atoms with Gasteiger partial charge >= 0.3 is 0 Å². The summed E-state index contributed by atoms with van der Waals surface area (Å²) in [5.74, 6) is 0.908. The largest absolute Gasteiger partial charge is 0.497 e. The van der Waals surface area contributed by atoms with Gasteiger partial charge in [-0.15, -0.1) is 0 Å². The van der Waals surface area contributed by atoms with Crippen molar-refractivity contribution >= 4 is 0 Å². The van der Waals surface area contributed by atoms with Crippen LogP contribution >= 0.6 is 0 Å². The molecule has 3 atom stereocenters. The fraction of sp³-hybridized carbons (Fsp3) is 0.600. The van der Waals surface area contributed by atoms with E-state index in [1.165, 1.54) is 5.56 Å². The maximum Gasteiger partial charge on any atom is 0.118 e. The van der Waals surface area contributed by atoms with E-state index < -0.39 is 0 Å². The molecule has 0 spiro atoms. The normalized spacial score (nSPS) is 25.1. The lowest BCUT2D eigenvalue weighted by Crippen LogP contribution is -2.37. The first-order valence-corrected chi connectivity index (χ1v) is 6.76. The molecule has 1 saturated heterocycles. The predicted octanol–water partition coefficient (Wildman–Crippen LogP) is 2.91. The van der Waals surface area contributed by atoms with Gasteiger partial charge in [-0.2, -0.15) is 0 Å². The quantitative estimate of drug-likeness (QED) is 0.870. The smallest absolute Gasteiger partial charge is 0.118 e. The van der Waals surface area contributed by atoms with Gasteiger partial charge in [0, 0.05) is 18.7 Å². The van der Waals surface area contributed by atoms with Crippen molar-refractivity contribution in [3.8, 4) is 5.75 Å². The maximum absolute atomic E-state index is 5.60. The first-order valence-electron chi connectivity index (χ1n) is 6.76. The first kappa shape index (κ1) is 13.4. The van der Waals surface area contributed by atoms with Crippen LogP contribution in [-0.4, -0.2) is 25.9 Å². The molecular weight excluding hydrogens is 226 g/mol. The van der Waals surface area contributed by atoms with Crippen molar-refractivity contribution in [1.82, 2.24) is 5.32 Å². The summed E-state index contributed by atoms with van der Waals surface area (Å²) in [6.07, 6.45) is 2.50. The zero-order valence-electron chi connectivity index (χ0n) is 11.5. The molecule has 1 aromatic carbocycles. The molecule has 0 aliphatic carbocycles. The molecule has 1 fully saturated rings. The van der Waals surface area contributed by atoms with Gasteiger partial charge in [0.15, 0.2) is 0 Å². The third-order valence-electron chi connectivity index (χ3n) is 3.72. The summed E-state index contributed by atoms with van der Waals surface area (Å²) in [6, 6.07) is 9.19. The van der Waals surface area contributed by atoms with Crippen molar-refractivity contribution in [3.63, 3.8) is 0 Å². The Labute approximate surface area is 109 Å². The fourth-order valence-corrected chi connectivity index (χ4v) is 2.50. The molecule has 100 valence electrons. The van der Waals surface area contributed by atoms with Crippen LogP contribution in [0.15, 0.2) is 24.3 Å². The second-order valence-electron chi connectivity index (χ2n) is 4.87. The summed E-state index contributed by atoms with van der Waals surface area (Å²) < 4.78 is 10.8. The van der Waals surface area contributed by atoms with Crippen LogP contribution in [0, 0.1) is 0 Å². The molecule has 3 unspecified atom stereocenters. The lowest BCUT2D eigenvalue weighted by Gasteiger charge is -2.24. The van der Waals surface area contributed by atoms with Crippen LogP contribution in [0.25, 0.3) is 0 Å². The number of rotatable bonds is 5. The molecule has 0 amide bonds. The van der Waals surface area contributed by atoms with Gasteiger partial charge in [0.25, 0.3) is 0 Å². The second kappa shape index (κ2) is 6.21. The van der Waals surface area contributed by atoms with E-state index in [0.29, 0.717) is 18.2 Å². The van der Waals surface area contributed by atoms with Crippen LogP contribution in [0.3, 0.4) is 0 Å². The summed E-state index contributed by atoms with van der Waals surface area (Å²) in [4.78, 5) is 0. The van der Waals surface area contributed by atoms with Crippen molar-refractivity contribution in [3.05, 3.63) is 29.8 Å². The standard InChI is InChI=1S/C15H23NO2/c1-4-14(16-15-9-10-18-11(15)2)12-5-7-13(17-3)8-6-12/h5-8,11,14-16H,4,9-10H2,1-3H3. The molecule has 1 aliphatic rings. The minimum absolute atomic E-state index is 0.317. The zero-order valence-corrected chi connectivity index (χ0v) is 11.5. The predicted molar refractivity (Wildman–Crippen MR) is 73.0 cm³/mol. The van der Waals surface area contributed by atoms with E-state index in [1.54, 1.807) is 7.11 Å². The molecule has 18 heavy (non-hydrogen) atoms. The van der Waals surface area contributed by atoms with Gasteiger partial charge in [0.05, 0.1) is 13.2 Å². The number of nitrogens with one attached hydrogen (secondary N) is 1. The molecule has 1 N–H and O–H groups in total. The van der Waals surface area contributed by atoms with Gasteiger partial charge in [0.2, 0.25) is 0 Å². The van der Waals surface area contributed by atoms with Gasteiger partial charge in [0.1, 0.15) is 5.75 Å². The lowest BCUT2D eigenvalue weighted by molar-refractivity contribution is 0.110. The van der Waals surface area contributed by atoms with Crippen molar-refractivity contribution in [2.45, 2.75) is 44.9 Å². The van der Waals surface area contributed by atoms with Gasteiger partial charge in [-0.25, -0.2) is 0 Å².